The molecular formula is C16H15NO2. The minimum Gasteiger partial charge on any atom is -0.497 e. The van der Waals surface area contributed by atoms with Crippen molar-refractivity contribution >= 4 is 12.0 Å². The first-order valence-electron chi connectivity index (χ1n) is 5.96. The van der Waals surface area contributed by atoms with Crippen molar-refractivity contribution in [2.45, 2.75) is 0 Å². The fraction of sp³-hybridized carbons (Fsp3) is 0.0625. The lowest BCUT2D eigenvalue weighted by Crippen LogP contribution is -2.16. The van der Waals surface area contributed by atoms with Crippen LogP contribution in [-0.2, 0) is 0 Å². The second kappa shape index (κ2) is 6.40. The predicted octanol–water partition coefficient (Wildman–Crippen LogP) is 3.10. The number of hydrogen-bond donors (Lipinski definition) is 1. The van der Waals surface area contributed by atoms with Gasteiger partial charge in [-0.15, -0.1) is 0 Å². The van der Waals surface area contributed by atoms with E-state index in [0.29, 0.717) is 5.56 Å². The molecule has 0 fully saturated rings. The molecule has 0 aliphatic heterocycles. The van der Waals surface area contributed by atoms with Gasteiger partial charge in [0.25, 0.3) is 5.91 Å². The highest BCUT2D eigenvalue weighted by molar-refractivity contribution is 5.95. The van der Waals surface area contributed by atoms with Gasteiger partial charge >= 0.3 is 0 Å². The number of amides is 1. The highest BCUT2D eigenvalue weighted by atomic mass is 16.5. The number of carbonyl (C=O) groups excluding carboxylic acids is 1. The molecule has 0 spiro atoms. The number of methoxy groups -OCH3 is 1. The Hall–Kier alpha value is -2.55. The number of ether oxygens (including phenoxy) is 1. The van der Waals surface area contributed by atoms with Gasteiger partial charge in [-0.3, -0.25) is 4.79 Å². The van der Waals surface area contributed by atoms with Crippen LogP contribution in [0.5, 0.6) is 5.75 Å². The Balaban J connectivity index is 1.94. The lowest BCUT2D eigenvalue weighted by atomic mass is 10.2. The molecule has 0 unspecified atom stereocenters. The van der Waals surface area contributed by atoms with Crippen LogP contribution in [0.4, 0.5) is 0 Å². The summed E-state index contributed by atoms with van der Waals surface area (Å²) in [5, 5.41) is 2.73. The first-order valence-corrected chi connectivity index (χ1v) is 5.96. The summed E-state index contributed by atoms with van der Waals surface area (Å²) in [5.41, 5.74) is 1.64. The molecule has 3 heteroatoms. The molecule has 0 aromatic heterocycles. The quantitative estimate of drug-likeness (QED) is 0.909. The Bertz CT molecular complexity index is 559. The number of benzene rings is 2. The molecule has 0 heterocycles. The van der Waals surface area contributed by atoms with Gasteiger partial charge in [0.05, 0.1) is 7.11 Å². The van der Waals surface area contributed by atoms with Gasteiger partial charge in [-0.2, -0.15) is 0 Å². The zero-order valence-corrected chi connectivity index (χ0v) is 10.7. The van der Waals surface area contributed by atoms with Crippen molar-refractivity contribution in [2.75, 3.05) is 7.11 Å². The maximum atomic E-state index is 11.8. The zero-order chi connectivity index (χ0) is 13.5. The number of hydrogen-bond acceptors (Lipinski definition) is 2. The Labute approximate surface area is 112 Å². The molecule has 19 heavy (non-hydrogen) atoms. The smallest absolute Gasteiger partial charge is 0.255 e. The largest absolute Gasteiger partial charge is 0.497 e. The average Bonchev–Trinajstić information content (AvgIpc) is 2.49. The van der Waals surface area contributed by atoms with Crippen molar-refractivity contribution < 1.29 is 9.53 Å². The summed E-state index contributed by atoms with van der Waals surface area (Å²) in [7, 11) is 1.63. The maximum Gasteiger partial charge on any atom is 0.255 e. The molecular weight excluding hydrogens is 238 g/mol. The van der Waals surface area contributed by atoms with Crippen LogP contribution in [0.1, 0.15) is 15.9 Å². The highest BCUT2D eigenvalue weighted by Crippen LogP contribution is 2.11. The van der Waals surface area contributed by atoms with Gasteiger partial charge in [0, 0.05) is 11.8 Å². The molecule has 2 aromatic rings. The summed E-state index contributed by atoms with van der Waals surface area (Å²) in [6.45, 7) is 0. The SMILES string of the molecule is COc1ccc(C=CNC(=O)c2ccccc2)cc1. The normalized spacial score (nSPS) is 10.4. The van der Waals surface area contributed by atoms with E-state index in [1.54, 1.807) is 25.4 Å². The molecule has 1 N–H and O–H groups in total. The molecule has 0 radical (unpaired) electrons. The second-order valence-electron chi connectivity index (χ2n) is 3.95. The monoisotopic (exact) mass is 253 g/mol. The van der Waals surface area contributed by atoms with Crippen LogP contribution < -0.4 is 10.1 Å². The van der Waals surface area contributed by atoms with Crippen LogP contribution in [-0.4, -0.2) is 13.0 Å². The molecule has 2 rings (SSSR count). The van der Waals surface area contributed by atoms with E-state index in [0.717, 1.165) is 11.3 Å². The van der Waals surface area contributed by atoms with Crippen molar-refractivity contribution in [3.05, 3.63) is 71.9 Å². The lowest BCUT2D eigenvalue weighted by molar-refractivity contribution is 0.0970. The summed E-state index contributed by atoms with van der Waals surface area (Å²) in [5.74, 6) is 0.691. The van der Waals surface area contributed by atoms with E-state index in [4.69, 9.17) is 4.74 Å². The van der Waals surface area contributed by atoms with Crippen LogP contribution >= 0.6 is 0 Å². The maximum absolute atomic E-state index is 11.8. The van der Waals surface area contributed by atoms with E-state index in [-0.39, 0.29) is 5.91 Å². The lowest BCUT2D eigenvalue weighted by Gasteiger charge is -2.00. The van der Waals surface area contributed by atoms with E-state index in [1.807, 2.05) is 48.5 Å². The fourth-order valence-corrected chi connectivity index (χ4v) is 1.60. The van der Waals surface area contributed by atoms with Gasteiger partial charge in [-0.1, -0.05) is 30.3 Å². The number of carbonyl (C=O) groups is 1. The van der Waals surface area contributed by atoms with E-state index in [2.05, 4.69) is 5.32 Å². The van der Waals surface area contributed by atoms with E-state index in [9.17, 15) is 4.79 Å². The standard InChI is InChI=1S/C16H15NO2/c1-19-15-9-7-13(8-10-15)11-12-17-16(18)14-5-3-2-4-6-14/h2-12H,1H3,(H,17,18). The zero-order valence-electron chi connectivity index (χ0n) is 10.7. The van der Waals surface area contributed by atoms with Crippen LogP contribution in [0, 0.1) is 0 Å². The molecule has 1 amide bonds. The second-order valence-corrected chi connectivity index (χ2v) is 3.95. The molecule has 0 aliphatic carbocycles. The number of rotatable bonds is 4. The minimum atomic E-state index is -0.120. The molecule has 0 bridgehead atoms. The third-order valence-electron chi connectivity index (χ3n) is 2.64. The first-order chi connectivity index (χ1) is 9.29. The van der Waals surface area contributed by atoms with Crippen molar-refractivity contribution in [1.82, 2.24) is 5.32 Å². The van der Waals surface area contributed by atoms with Crippen LogP contribution in [0.3, 0.4) is 0 Å². The van der Waals surface area contributed by atoms with E-state index >= 15 is 0 Å². The Morgan fingerprint density at radius 2 is 1.74 bits per heavy atom. The van der Waals surface area contributed by atoms with Gasteiger partial charge in [0.1, 0.15) is 5.75 Å². The van der Waals surface area contributed by atoms with Gasteiger partial charge in [-0.05, 0) is 35.9 Å². The molecule has 0 atom stereocenters. The third kappa shape index (κ3) is 3.71. The van der Waals surface area contributed by atoms with E-state index < -0.39 is 0 Å². The molecule has 96 valence electrons. The number of nitrogens with one attached hydrogen (secondary N) is 1. The topological polar surface area (TPSA) is 38.3 Å². The molecule has 3 nitrogen and oxygen atoms in total. The molecule has 0 saturated heterocycles. The third-order valence-corrected chi connectivity index (χ3v) is 2.64. The van der Waals surface area contributed by atoms with Gasteiger partial charge in [0.2, 0.25) is 0 Å². The Morgan fingerprint density at radius 1 is 1.05 bits per heavy atom. The average molecular weight is 253 g/mol. The summed E-state index contributed by atoms with van der Waals surface area (Å²) < 4.78 is 5.08. The molecule has 0 aliphatic rings. The van der Waals surface area contributed by atoms with E-state index in [1.165, 1.54) is 0 Å². The molecule has 0 saturated carbocycles. The highest BCUT2D eigenvalue weighted by Gasteiger charge is 2.00. The predicted molar refractivity (Wildman–Crippen MR) is 75.9 cm³/mol. The van der Waals surface area contributed by atoms with Gasteiger partial charge in [0.15, 0.2) is 0 Å². The summed E-state index contributed by atoms with van der Waals surface area (Å²) in [4.78, 5) is 11.8. The van der Waals surface area contributed by atoms with Crippen LogP contribution in [0.15, 0.2) is 60.8 Å². The Morgan fingerprint density at radius 3 is 2.37 bits per heavy atom. The first kappa shape index (κ1) is 12.9. The van der Waals surface area contributed by atoms with Crippen molar-refractivity contribution in [3.63, 3.8) is 0 Å². The van der Waals surface area contributed by atoms with Crippen molar-refractivity contribution in [3.8, 4) is 5.75 Å². The summed E-state index contributed by atoms with van der Waals surface area (Å²) in [6, 6.07) is 16.7. The Kier molecular flexibility index (Phi) is 4.34. The summed E-state index contributed by atoms with van der Waals surface area (Å²) in [6.07, 6.45) is 3.47. The summed E-state index contributed by atoms with van der Waals surface area (Å²) >= 11 is 0. The van der Waals surface area contributed by atoms with Crippen LogP contribution in [0.25, 0.3) is 6.08 Å². The van der Waals surface area contributed by atoms with Crippen LogP contribution in [0.2, 0.25) is 0 Å². The van der Waals surface area contributed by atoms with Crippen molar-refractivity contribution in [1.29, 1.82) is 0 Å². The van der Waals surface area contributed by atoms with Gasteiger partial charge < -0.3 is 10.1 Å². The minimum absolute atomic E-state index is 0.120. The molecule has 2 aromatic carbocycles. The van der Waals surface area contributed by atoms with Gasteiger partial charge in [-0.25, -0.2) is 0 Å². The fourth-order valence-electron chi connectivity index (χ4n) is 1.60. The van der Waals surface area contributed by atoms with Crippen molar-refractivity contribution in [2.24, 2.45) is 0 Å².